The second-order valence-corrected chi connectivity index (χ2v) is 5.47. The highest BCUT2D eigenvalue weighted by atomic mass is 16.2. The average molecular weight is 255 g/mol. The minimum atomic E-state index is 0.230. The lowest BCUT2D eigenvalue weighted by atomic mass is 9.97. The molecule has 18 heavy (non-hydrogen) atoms. The second kappa shape index (κ2) is 8.48. The van der Waals surface area contributed by atoms with Gasteiger partial charge in [-0.1, -0.05) is 6.92 Å². The normalized spacial score (nSPS) is 17.9. The first kappa shape index (κ1) is 15.4. The first-order chi connectivity index (χ1) is 8.63. The molecule has 1 aliphatic heterocycles. The number of piperidine rings is 1. The summed E-state index contributed by atoms with van der Waals surface area (Å²) < 4.78 is 0. The van der Waals surface area contributed by atoms with Crippen molar-refractivity contribution >= 4 is 5.91 Å². The van der Waals surface area contributed by atoms with Crippen molar-refractivity contribution < 1.29 is 4.79 Å². The Morgan fingerprint density at radius 2 is 2.00 bits per heavy atom. The fraction of sp³-hybridized carbons (Fsp3) is 0.929. The standard InChI is InChI=1S/C14H29N3O/c1-4-17-10-7-13(8-11-17)12-15-9-5-6-14(18)16(2)3/h13,15H,4-12H2,1-3H3. The van der Waals surface area contributed by atoms with Crippen molar-refractivity contribution in [3.63, 3.8) is 0 Å². The van der Waals surface area contributed by atoms with Crippen LogP contribution in [0.5, 0.6) is 0 Å². The molecule has 0 aliphatic carbocycles. The quantitative estimate of drug-likeness (QED) is 0.694. The molecule has 0 radical (unpaired) electrons. The molecule has 0 aromatic carbocycles. The van der Waals surface area contributed by atoms with Gasteiger partial charge in [-0.25, -0.2) is 0 Å². The lowest BCUT2D eigenvalue weighted by Gasteiger charge is -2.31. The molecule has 0 atom stereocenters. The molecule has 0 saturated carbocycles. The van der Waals surface area contributed by atoms with Gasteiger partial charge in [0.1, 0.15) is 0 Å². The number of amides is 1. The minimum Gasteiger partial charge on any atom is -0.349 e. The van der Waals surface area contributed by atoms with Gasteiger partial charge in [-0.2, -0.15) is 0 Å². The van der Waals surface area contributed by atoms with E-state index in [0.29, 0.717) is 6.42 Å². The van der Waals surface area contributed by atoms with Crippen LogP contribution in [-0.4, -0.2) is 62.5 Å². The minimum absolute atomic E-state index is 0.230. The molecule has 1 N–H and O–H groups in total. The molecule has 106 valence electrons. The Morgan fingerprint density at radius 1 is 1.33 bits per heavy atom. The zero-order chi connectivity index (χ0) is 13.4. The predicted octanol–water partition coefficient (Wildman–Crippen LogP) is 1.18. The van der Waals surface area contributed by atoms with Crippen LogP contribution in [0, 0.1) is 5.92 Å². The van der Waals surface area contributed by atoms with Crippen molar-refractivity contribution in [2.24, 2.45) is 5.92 Å². The van der Waals surface area contributed by atoms with Gasteiger partial charge in [0.25, 0.3) is 0 Å². The Bertz CT molecular complexity index is 235. The van der Waals surface area contributed by atoms with Crippen LogP contribution in [0.1, 0.15) is 32.6 Å². The molecule has 0 unspecified atom stereocenters. The summed E-state index contributed by atoms with van der Waals surface area (Å²) in [5, 5.41) is 3.49. The highest BCUT2D eigenvalue weighted by Gasteiger charge is 2.17. The summed E-state index contributed by atoms with van der Waals surface area (Å²) in [5.41, 5.74) is 0. The summed E-state index contributed by atoms with van der Waals surface area (Å²) in [7, 11) is 3.63. The number of likely N-dealkylation sites (tertiary alicyclic amines) is 1. The number of hydrogen-bond acceptors (Lipinski definition) is 3. The van der Waals surface area contributed by atoms with E-state index in [1.54, 1.807) is 4.90 Å². The molecule has 1 aliphatic rings. The molecule has 4 heteroatoms. The molecule has 1 heterocycles. The molecule has 1 fully saturated rings. The Labute approximate surface area is 112 Å². The third-order valence-corrected chi connectivity index (χ3v) is 3.83. The van der Waals surface area contributed by atoms with E-state index in [0.717, 1.165) is 25.4 Å². The van der Waals surface area contributed by atoms with Crippen LogP contribution in [0.25, 0.3) is 0 Å². The van der Waals surface area contributed by atoms with E-state index in [1.165, 1.54) is 32.5 Å². The maximum Gasteiger partial charge on any atom is 0.222 e. The number of rotatable bonds is 7. The Balaban J connectivity index is 1.97. The summed E-state index contributed by atoms with van der Waals surface area (Å²) in [4.78, 5) is 15.6. The molecule has 1 saturated heterocycles. The van der Waals surface area contributed by atoms with Crippen molar-refractivity contribution in [1.29, 1.82) is 0 Å². The van der Waals surface area contributed by atoms with Crippen LogP contribution < -0.4 is 5.32 Å². The van der Waals surface area contributed by atoms with Crippen LogP contribution in [-0.2, 0) is 4.79 Å². The number of nitrogens with zero attached hydrogens (tertiary/aromatic N) is 2. The van der Waals surface area contributed by atoms with Gasteiger partial charge in [0.05, 0.1) is 0 Å². The molecule has 0 bridgehead atoms. The van der Waals surface area contributed by atoms with Crippen LogP contribution in [0.4, 0.5) is 0 Å². The summed E-state index contributed by atoms with van der Waals surface area (Å²) >= 11 is 0. The van der Waals surface area contributed by atoms with E-state index in [2.05, 4.69) is 17.1 Å². The molecular formula is C14H29N3O. The van der Waals surface area contributed by atoms with Gasteiger partial charge in [0, 0.05) is 20.5 Å². The summed E-state index contributed by atoms with van der Waals surface area (Å²) in [6.45, 7) is 8.01. The lowest BCUT2D eigenvalue weighted by Crippen LogP contribution is -2.37. The van der Waals surface area contributed by atoms with Crippen LogP contribution in [0.2, 0.25) is 0 Å². The van der Waals surface area contributed by atoms with Gasteiger partial charge in [-0.15, -0.1) is 0 Å². The fourth-order valence-corrected chi connectivity index (χ4v) is 2.40. The fourth-order valence-electron chi connectivity index (χ4n) is 2.40. The molecule has 4 nitrogen and oxygen atoms in total. The highest BCUT2D eigenvalue weighted by molar-refractivity contribution is 5.75. The zero-order valence-electron chi connectivity index (χ0n) is 12.2. The van der Waals surface area contributed by atoms with Gasteiger partial charge in [0.15, 0.2) is 0 Å². The lowest BCUT2D eigenvalue weighted by molar-refractivity contribution is -0.128. The maximum atomic E-state index is 11.4. The molecule has 0 spiro atoms. The van der Waals surface area contributed by atoms with Crippen molar-refractivity contribution in [2.75, 3.05) is 46.8 Å². The van der Waals surface area contributed by atoms with Crippen molar-refractivity contribution in [3.05, 3.63) is 0 Å². The number of nitrogens with one attached hydrogen (secondary N) is 1. The van der Waals surface area contributed by atoms with Gasteiger partial charge >= 0.3 is 0 Å². The van der Waals surface area contributed by atoms with Crippen LogP contribution in [0.15, 0.2) is 0 Å². The van der Waals surface area contributed by atoms with Crippen molar-refractivity contribution in [2.45, 2.75) is 32.6 Å². The van der Waals surface area contributed by atoms with E-state index in [9.17, 15) is 4.79 Å². The molecule has 0 aromatic rings. The number of carbonyl (C=O) groups is 1. The Hall–Kier alpha value is -0.610. The van der Waals surface area contributed by atoms with Gasteiger partial charge in [0.2, 0.25) is 5.91 Å². The third-order valence-electron chi connectivity index (χ3n) is 3.83. The monoisotopic (exact) mass is 255 g/mol. The molecular weight excluding hydrogens is 226 g/mol. The smallest absolute Gasteiger partial charge is 0.222 e. The Morgan fingerprint density at radius 3 is 2.56 bits per heavy atom. The Kier molecular flexibility index (Phi) is 7.28. The zero-order valence-corrected chi connectivity index (χ0v) is 12.2. The van der Waals surface area contributed by atoms with E-state index < -0.39 is 0 Å². The number of hydrogen-bond donors (Lipinski definition) is 1. The van der Waals surface area contributed by atoms with Crippen molar-refractivity contribution in [3.8, 4) is 0 Å². The summed E-state index contributed by atoms with van der Waals surface area (Å²) in [6, 6.07) is 0. The summed E-state index contributed by atoms with van der Waals surface area (Å²) in [5.74, 6) is 1.06. The van der Waals surface area contributed by atoms with Crippen LogP contribution in [0.3, 0.4) is 0 Å². The second-order valence-electron chi connectivity index (χ2n) is 5.47. The predicted molar refractivity (Wildman–Crippen MR) is 75.6 cm³/mol. The maximum absolute atomic E-state index is 11.4. The van der Waals surface area contributed by atoms with E-state index >= 15 is 0 Å². The van der Waals surface area contributed by atoms with E-state index in [4.69, 9.17) is 0 Å². The first-order valence-corrected chi connectivity index (χ1v) is 7.26. The molecule has 1 amide bonds. The SMILES string of the molecule is CCN1CCC(CNCCCC(=O)N(C)C)CC1. The average Bonchev–Trinajstić information content (AvgIpc) is 2.38. The van der Waals surface area contributed by atoms with Gasteiger partial charge in [-0.3, -0.25) is 4.79 Å². The largest absolute Gasteiger partial charge is 0.349 e. The topological polar surface area (TPSA) is 35.6 Å². The van der Waals surface area contributed by atoms with E-state index in [1.807, 2.05) is 14.1 Å². The molecule has 1 rings (SSSR count). The first-order valence-electron chi connectivity index (χ1n) is 7.26. The molecule has 0 aromatic heterocycles. The van der Waals surface area contributed by atoms with E-state index in [-0.39, 0.29) is 5.91 Å². The summed E-state index contributed by atoms with van der Waals surface area (Å²) in [6.07, 6.45) is 4.24. The van der Waals surface area contributed by atoms with Crippen molar-refractivity contribution in [1.82, 2.24) is 15.1 Å². The van der Waals surface area contributed by atoms with Crippen LogP contribution >= 0.6 is 0 Å². The highest BCUT2D eigenvalue weighted by Crippen LogP contribution is 2.15. The third kappa shape index (κ3) is 5.83. The number of carbonyl (C=O) groups excluding carboxylic acids is 1. The van der Waals surface area contributed by atoms with Gasteiger partial charge < -0.3 is 15.1 Å². The van der Waals surface area contributed by atoms with Gasteiger partial charge in [-0.05, 0) is 57.9 Å².